The van der Waals surface area contributed by atoms with Crippen LogP contribution >= 0.6 is 0 Å². The molecule has 3 rings (SSSR count). The molecule has 8 nitrogen and oxygen atoms in total. The van der Waals surface area contributed by atoms with E-state index in [0.717, 1.165) is 4.31 Å². The molecule has 1 N–H and O–H groups in total. The molecule has 0 aliphatic carbocycles. The highest BCUT2D eigenvalue weighted by Gasteiger charge is 2.22. The number of anilines is 1. The van der Waals surface area contributed by atoms with Gasteiger partial charge >= 0.3 is 0 Å². The van der Waals surface area contributed by atoms with E-state index >= 15 is 0 Å². The van der Waals surface area contributed by atoms with Crippen molar-refractivity contribution in [1.82, 2.24) is 9.21 Å². The fraction of sp³-hybridized carbons (Fsp3) is 0.263. The van der Waals surface area contributed by atoms with Crippen molar-refractivity contribution in [2.75, 3.05) is 39.6 Å². The van der Waals surface area contributed by atoms with Crippen molar-refractivity contribution in [2.45, 2.75) is 4.90 Å². The highest BCUT2D eigenvalue weighted by Crippen LogP contribution is 2.26. The maximum atomic E-state index is 12.5. The Labute approximate surface area is 163 Å². The first-order chi connectivity index (χ1) is 13.2. The molecular weight excluding hydrogens is 382 g/mol. The van der Waals surface area contributed by atoms with Gasteiger partial charge in [0.2, 0.25) is 10.0 Å². The fourth-order valence-electron chi connectivity index (χ4n) is 2.69. The Morgan fingerprint density at radius 1 is 1.14 bits per heavy atom. The van der Waals surface area contributed by atoms with Gasteiger partial charge in [-0.25, -0.2) is 12.7 Å². The summed E-state index contributed by atoms with van der Waals surface area (Å²) in [6.45, 7) is 0.889. The van der Waals surface area contributed by atoms with Crippen molar-refractivity contribution in [3.8, 4) is 5.75 Å². The second kappa shape index (κ2) is 7.61. The number of hydrogen-bond donors (Lipinski definition) is 1. The number of likely N-dealkylation sites (N-methyl/N-ethyl adjacent to an activating group) is 1. The molecule has 1 heterocycles. The molecule has 2 aromatic carbocycles. The molecule has 0 atom stereocenters. The van der Waals surface area contributed by atoms with Crippen LogP contribution in [0.4, 0.5) is 5.69 Å². The number of nitrogens with one attached hydrogen (secondary N) is 1. The Morgan fingerprint density at radius 3 is 2.46 bits per heavy atom. The van der Waals surface area contributed by atoms with Gasteiger partial charge in [-0.2, -0.15) is 0 Å². The van der Waals surface area contributed by atoms with E-state index in [1.807, 2.05) is 0 Å². The quantitative estimate of drug-likeness (QED) is 0.838. The summed E-state index contributed by atoms with van der Waals surface area (Å²) in [4.78, 5) is 26.6. The van der Waals surface area contributed by atoms with Crippen LogP contribution in [-0.4, -0.2) is 63.7 Å². The molecule has 0 spiro atoms. The molecule has 0 saturated heterocycles. The van der Waals surface area contributed by atoms with Gasteiger partial charge in [-0.05, 0) is 42.5 Å². The van der Waals surface area contributed by atoms with E-state index in [-0.39, 0.29) is 10.8 Å². The number of carbonyl (C=O) groups excluding carboxylic acids is 2. The van der Waals surface area contributed by atoms with Crippen molar-refractivity contribution >= 4 is 27.5 Å². The summed E-state index contributed by atoms with van der Waals surface area (Å²) in [6, 6.07) is 10.5. The van der Waals surface area contributed by atoms with E-state index in [2.05, 4.69) is 5.32 Å². The summed E-state index contributed by atoms with van der Waals surface area (Å²) in [5.41, 5.74) is 1.12. The van der Waals surface area contributed by atoms with Gasteiger partial charge in [0, 0.05) is 32.4 Å². The smallest absolute Gasteiger partial charge is 0.257 e. The van der Waals surface area contributed by atoms with Crippen LogP contribution in [0.2, 0.25) is 0 Å². The second-order valence-electron chi connectivity index (χ2n) is 6.55. The highest BCUT2D eigenvalue weighted by atomic mass is 32.2. The fourth-order valence-corrected chi connectivity index (χ4v) is 3.59. The lowest BCUT2D eigenvalue weighted by molar-refractivity contribution is 0.0796. The first kappa shape index (κ1) is 19.8. The first-order valence-corrected chi connectivity index (χ1v) is 10.0. The highest BCUT2D eigenvalue weighted by molar-refractivity contribution is 7.89. The van der Waals surface area contributed by atoms with E-state index in [9.17, 15) is 18.0 Å². The average molecular weight is 403 g/mol. The van der Waals surface area contributed by atoms with Crippen LogP contribution in [0.25, 0.3) is 0 Å². The Morgan fingerprint density at radius 2 is 1.82 bits per heavy atom. The molecule has 0 saturated carbocycles. The Bertz CT molecular complexity index is 1020. The zero-order valence-corrected chi connectivity index (χ0v) is 16.6. The third-order valence-electron chi connectivity index (χ3n) is 4.39. The molecular formula is C19H21N3O5S. The van der Waals surface area contributed by atoms with Gasteiger partial charge in [0.15, 0.2) is 0 Å². The largest absolute Gasteiger partial charge is 0.491 e. The zero-order valence-electron chi connectivity index (χ0n) is 15.8. The van der Waals surface area contributed by atoms with Crippen LogP contribution in [0.1, 0.15) is 20.7 Å². The predicted molar refractivity (Wildman–Crippen MR) is 104 cm³/mol. The van der Waals surface area contributed by atoms with E-state index in [1.165, 1.54) is 38.4 Å². The predicted octanol–water partition coefficient (Wildman–Crippen LogP) is 1.65. The van der Waals surface area contributed by atoms with Gasteiger partial charge in [0.1, 0.15) is 12.4 Å². The van der Waals surface area contributed by atoms with E-state index in [4.69, 9.17) is 4.74 Å². The number of hydrogen-bond acceptors (Lipinski definition) is 5. The van der Waals surface area contributed by atoms with Crippen molar-refractivity contribution < 1.29 is 22.7 Å². The van der Waals surface area contributed by atoms with Crippen LogP contribution in [0.3, 0.4) is 0 Å². The topological polar surface area (TPSA) is 96.0 Å². The van der Waals surface area contributed by atoms with Gasteiger partial charge < -0.3 is 15.0 Å². The molecule has 28 heavy (non-hydrogen) atoms. The number of nitrogens with zero attached hydrogens (tertiary/aromatic N) is 2. The monoisotopic (exact) mass is 403 g/mol. The second-order valence-corrected chi connectivity index (χ2v) is 8.70. The lowest BCUT2D eigenvalue weighted by Gasteiger charge is -2.13. The molecule has 0 aromatic heterocycles. The molecule has 1 aliphatic heterocycles. The lowest BCUT2D eigenvalue weighted by atomic mass is 10.1. The average Bonchev–Trinajstić information content (AvgIpc) is 2.81. The first-order valence-electron chi connectivity index (χ1n) is 8.56. The van der Waals surface area contributed by atoms with Crippen molar-refractivity contribution in [3.63, 3.8) is 0 Å². The normalized spacial score (nSPS) is 14.3. The summed E-state index contributed by atoms with van der Waals surface area (Å²) in [7, 11) is 1.01. The molecule has 9 heteroatoms. The van der Waals surface area contributed by atoms with Crippen molar-refractivity contribution in [1.29, 1.82) is 0 Å². The van der Waals surface area contributed by atoms with Crippen LogP contribution in [0.5, 0.6) is 5.75 Å². The van der Waals surface area contributed by atoms with Crippen LogP contribution in [0, 0.1) is 0 Å². The minimum absolute atomic E-state index is 0.102. The van der Waals surface area contributed by atoms with E-state index < -0.39 is 15.9 Å². The van der Waals surface area contributed by atoms with E-state index in [1.54, 1.807) is 30.1 Å². The number of benzene rings is 2. The van der Waals surface area contributed by atoms with Crippen LogP contribution in [-0.2, 0) is 10.0 Å². The molecule has 2 amide bonds. The number of carbonyl (C=O) groups is 2. The molecule has 2 aromatic rings. The summed E-state index contributed by atoms with van der Waals surface area (Å²) in [5.74, 6) is -0.114. The molecule has 0 radical (unpaired) electrons. The molecule has 0 bridgehead atoms. The van der Waals surface area contributed by atoms with Gasteiger partial charge in [0.05, 0.1) is 17.0 Å². The maximum absolute atomic E-state index is 12.5. The van der Waals surface area contributed by atoms with Gasteiger partial charge in [-0.15, -0.1) is 0 Å². The molecule has 1 aliphatic rings. The number of amides is 2. The van der Waals surface area contributed by atoms with Gasteiger partial charge in [-0.3, -0.25) is 9.59 Å². The summed E-state index contributed by atoms with van der Waals surface area (Å²) >= 11 is 0. The molecule has 0 fully saturated rings. The summed E-state index contributed by atoms with van der Waals surface area (Å²) in [6.07, 6.45) is 0. The van der Waals surface area contributed by atoms with Crippen molar-refractivity contribution in [2.24, 2.45) is 0 Å². The third-order valence-corrected chi connectivity index (χ3v) is 6.22. The lowest BCUT2D eigenvalue weighted by Crippen LogP contribution is -2.27. The Hall–Kier alpha value is -2.91. The number of rotatable bonds is 4. The third kappa shape index (κ3) is 3.85. The van der Waals surface area contributed by atoms with Gasteiger partial charge in [-0.1, -0.05) is 0 Å². The Kier molecular flexibility index (Phi) is 5.39. The minimum Gasteiger partial charge on any atom is -0.491 e. The van der Waals surface area contributed by atoms with E-state index in [0.29, 0.717) is 35.7 Å². The number of fused-ring (bicyclic) bond motifs is 1. The maximum Gasteiger partial charge on any atom is 0.257 e. The SMILES string of the molecule is CN1CCOc2ccc(NC(=O)c3ccc(S(=O)(=O)N(C)C)cc3)cc2C1=O. The summed E-state index contributed by atoms with van der Waals surface area (Å²) in [5, 5.41) is 2.72. The zero-order chi connectivity index (χ0) is 20.5. The Balaban J connectivity index is 1.80. The number of sulfonamides is 1. The minimum atomic E-state index is -3.56. The standard InChI is InChI=1S/C19H21N3O5S/c1-21(2)28(25,26)15-7-4-13(5-8-15)18(23)20-14-6-9-17-16(12-14)19(24)22(3)10-11-27-17/h4-9,12H,10-11H2,1-3H3,(H,20,23). The van der Waals surface area contributed by atoms with Crippen LogP contribution in [0.15, 0.2) is 47.4 Å². The molecule has 148 valence electrons. The summed E-state index contributed by atoms with van der Waals surface area (Å²) < 4.78 is 30.9. The number of ether oxygens (including phenoxy) is 1. The van der Waals surface area contributed by atoms with Crippen molar-refractivity contribution in [3.05, 3.63) is 53.6 Å². The van der Waals surface area contributed by atoms with Crippen LogP contribution < -0.4 is 10.1 Å². The van der Waals surface area contributed by atoms with Gasteiger partial charge in [0.25, 0.3) is 11.8 Å². The molecule has 0 unspecified atom stereocenters.